The lowest BCUT2D eigenvalue weighted by molar-refractivity contribution is 0.169. The molecule has 1 atom stereocenters. The van der Waals surface area contributed by atoms with Gasteiger partial charge < -0.3 is 14.8 Å². The molecule has 0 amide bonds. The normalized spacial score (nSPS) is 24.1. The molecule has 1 aromatic carbocycles. The Morgan fingerprint density at radius 1 is 1.20 bits per heavy atom. The number of ether oxygens (including phenoxy) is 2. The molecule has 15 heavy (non-hydrogen) atoms. The number of hydrogen-bond donors (Lipinski definition) is 1. The number of hydrogen-bond acceptors (Lipinski definition) is 3. The number of rotatable bonds is 1. The number of nitrogens with one attached hydrogen (secondary N) is 1. The van der Waals surface area contributed by atoms with Crippen LogP contribution in [0.15, 0.2) is 18.2 Å². The van der Waals surface area contributed by atoms with Crippen molar-refractivity contribution in [1.29, 1.82) is 0 Å². The molecule has 1 unspecified atom stereocenters. The van der Waals surface area contributed by atoms with Crippen molar-refractivity contribution in [3.63, 3.8) is 0 Å². The summed E-state index contributed by atoms with van der Waals surface area (Å²) in [5.41, 5.74) is 1.25. The van der Waals surface area contributed by atoms with Crippen molar-refractivity contribution in [2.45, 2.75) is 18.9 Å². The smallest absolute Gasteiger partial charge is 0.166 e. The lowest BCUT2D eigenvalue weighted by atomic mass is 10.0. The van der Waals surface area contributed by atoms with Crippen LogP contribution in [-0.2, 0) is 0 Å². The standard InChI is InChI=1S/C12H15NO2/c1-3-9(10-4-2-6-13-10)12-11(5-1)14-7-8-15-12/h1,3,5,10,13H,2,4,6-8H2. The van der Waals surface area contributed by atoms with E-state index in [4.69, 9.17) is 9.47 Å². The van der Waals surface area contributed by atoms with E-state index >= 15 is 0 Å². The third-order valence-corrected chi connectivity index (χ3v) is 3.03. The van der Waals surface area contributed by atoms with Crippen molar-refractivity contribution < 1.29 is 9.47 Å². The van der Waals surface area contributed by atoms with Gasteiger partial charge in [0.2, 0.25) is 0 Å². The second-order valence-electron chi connectivity index (χ2n) is 4.02. The van der Waals surface area contributed by atoms with Gasteiger partial charge in [-0.3, -0.25) is 0 Å². The molecule has 2 heterocycles. The summed E-state index contributed by atoms with van der Waals surface area (Å²) in [7, 11) is 0. The van der Waals surface area contributed by atoms with E-state index in [9.17, 15) is 0 Å². The van der Waals surface area contributed by atoms with E-state index in [1.54, 1.807) is 0 Å². The zero-order valence-corrected chi connectivity index (χ0v) is 8.66. The van der Waals surface area contributed by atoms with Crippen LogP contribution in [0.5, 0.6) is 11.5 Å². The van der Waals surface area contributed by atoms with E-state index in [-0.39, 0.29) is 0 Å². The molecule has 3 rings (SSSR count). The van der Waals surface area contributed by atoms with E-state index < -0.39 is 0 Å². The summed E-state index contributed by atoms with van der Waals surface area (Å²) in [5, 5.41) is 3.49. The predicted octanol–water partition coefficient (Wildman–Crippen LogP) is 1.88. The first-order valence-electron chi connectivity index (χ1n) is 5.57. The molecule has 3 heteroatoms. The van der Waals surface area contributed by atoms with Gasteiger partial charge in [-0.15, -0.1) is 0 Å². The van der Waals surface area contributed by atoms with Gasteiger partial charge in [-0.05, 0) is 25.5 Å². The van der Waals surface area contributed by atoms with Crippen LogP contribution in [-0.4, -0.2) is 19.8 Å². The minimum absolute atomic E-state index is 0.446. The maximum Gasteiger partial charge on any atom is 0.166 e. The van der Waals surface area contributed by atoms with E-state index in [0.29, 0.717) is 19.3 Å². The van der Waals surface area contributed by atoms with Crippen LogP contribution in [0.1, 0.15) is 24.4 Å². The molecule has 0 bridgehead atoms. The summed E-state index contributed by atoms with van der Waals surface area (Å²) in [5.74, 6) is 1.84. The van der Waals surface area contributed by atoms with E-state index in [1.807, 2.05) is 12.1 Å². The number of fused-ring (bicyclic) bond motifs is 1. The Kier molecular flexibility index (Phi) is 2.25. The van der Waals surface area contributed by atoms with Crippen molar-refractivity contribution in [3.05, 3.63) is 23.8 Å². The topological polar surface area (TPSA) is 30.5 Å². The fourth-order valence-corrected chi connectivity index (χ4v) is 2.32. The molecule has 2 aliphatic rings. The largest absolute Gasteiger partial charge is 0.486 e. The highest BCUT2D eigenvalue weighted by molar-refractivity contribution is 5.49. The van der Waals surface area contributed by atoms with Crippen LogP contribution in [0.4, 0.5) is 0 Å². The second kappa shape index (κ2) is 3.74. The van der Waals surface area contributed by atoms with Gasteiger partial charge in [0.1, 0.15) is 13.2 Å². The lowest BCUT2D eigenvalue weighted by Crippen LogP contribution is -2.19. The van der Waals surface area contributed by atoms with Gasteiger partial charge in [0.25, 0.3) is 0 Å². The first-order chi connectivity index (χ1) is 7.45. The third kappa shape index (κ3) is 1.57. The Labute approximate surface area is 89.4 Å². The highest BCUT2D eigenvalue weighted by atomic mass is 16.6. The molecule has 3 nitrogen and oxygen atoms in total. The Morgan fingerprint density at radius 2 is 2.13 bits per heavy atom. The first-order valence-corrected chi connectivity index (χ1v) is 5.57. The van der Waals surface area contributed by atoms with Crippen molar-refractivity contribution in [2.75, 3.05) is 19.8 Å². The van der Waals surface area contributed by atoms with Gasteiger partial charge in [0, 0.05) is 11.6 Å². The van der Waals surface area contributed by atoms with E-state index in [0.717, 1.165) is 18.0 Å². The van der Waals surface area contributed by atoms with E-state index in [1.165, 1.54) is 18.4 Å². The summed E-state index contributed by atoms with van der Waals surface area (Å²) in [6, 6.07) is 6.60. The van der Waals surface area contributed by atoms with E-state index in [2.05, 4.69) is 11.4 Å². The minimum Gasteiger partial charge on any atom is -0.486 e. The zero-order valence-electron chi connectivity index (χ0n) is 8.66. The van der Waals surface area contributed by atoms with Crippen LogP contribution in [0.2, 0.25) is 0 Å². The molecule has 1 aromatic rings. The Bertz CT molecular complexity index is 359. The molecule has 2 aliphatic heterocycles. The zero-order chi connectivity index (χ0) is 10.1. The molecule has 1 fully saturated rings. The first kappa shape index (κ1) is 9.04. The molecule has 0 radical (unpaired) electrons. The van der Waals surface area contributed by atoms with Gasteiger partial charge >= 0.3 is 0 Å². The van der Waals surface area contributed by atoms with Crippen molar-refractivity contribution >= 4 is 0 Å². The molecule has 80 valence electrons. The predicted molar refractivity (Wildman–Crippen MR) is 57.4 cm³/mol. The van der Waals surface area contributed by atoms with Gasteiger partial charge in [0.15, 0.2) is 11.5 Å². The summed E-state index contributed by atoms with van der Waals surface area (Å²) >= 11 is 0. The molecular weight excluding hydrogens is 190 g/mol. The van der Waals surface area contributed by atoms with Crippen LogP contribution in [0, 0.1) is 0 Å². The van der Waals surface area contributed by atoms with Gasteiger partial charge in [-0.1, -0.05) is 12.1 Å². The molecule has 0 aliphatic carbocycles. The molecule has 0 aromatic heterocycles. The molecule has 0 saturated carbocycles. The van der Waals surface area contributed by atoms with Gasteiger partial charge in [-0.2, -0.15) is 0 Å². The summed E-state index contributed by atoms with van der Waals surface area (Å²) in [6.45, 7) is 2.43. The van der Waals surface area contributed by atoms with Gasteiger partial charge in [0.05, 0.1) is 0 Å². The highest BCUT2D eigenvalue weighted by Gasteiger charge is 2.23. The van der Waals surface area contributed by atoms with Crippen molar-refractivity contribution in [3.8, 4) is 11.5 Å². The molecule has 1 N–H and O–H groups in total. The molecule has 0 spiro atoms. The summed E-state index contributed by atoms with van der Waals surface area (Å²) in [6.07, 6.45) is 2.44. The Hall–Kier alpha value is -1.22. The van der Waals surface area contributed by atoms with Crippen LogP contribution < -0.4 is 14.8 Å². The highest BCUT2D eigenvalue weighted by Crippen LogP contribution is 2.39. The number of benzene rings is 1. The maximum atomic E-state index is 5.70. The summed E-state index contributed by atoms with van der Waals surface area (Å²) in [4.78, 5) is 0. The quantitative estimate of drug-likeness (QED) is 0.759. The van der Waals surface area contributed by atoms with Crippen LogP contribution >= 0.6 is 0 Å². The Morgan fingerprint density at radius 3 is 3.00 bits per heavy atom. The van der Waals surface area contributed by atoms with Crippen LogP contribution in [0.3, 0.4) is 0 Å². The van der Waals surface area contributed by atoms with Crippen molar-refractivity contribution in [2.24, 2.45) is 0 Å². The molecular formula is C12H15NO2. The fourth-order valence-electron chi connectivity index (χ4n) is 2.32. The average Bonchev–Trinajstić information content (AvgIpc) is 2.82. The second-order valence-corrected chi connectivity index (χ2v) is 4.02. The third-order valence-electron chi connectivity index (χ3n) is 3.03. The lowest BCUT2D eigenvalue weighted by Gasteiger charge is -2.23. The number of para-hydroxylation sites is 1. The van der Waals surface area contributed by atoms with Gasteiger partial charge in [-0.25, -0.2) is 0 Å². The maximum absolute atomic E-state index is 5.70. The SMILES string of the molecule is c1cc2c(c(C3CCCN3)c1)OCCO2. The average molecular weight is 205 g/mol. The minimum atomic E-state index is 0.446. The van der Waals surface area contributed by atoms with Crippen LogP contribution in [0.25, 0.3) is 0 Å². The summed E-state index contributed by atoms with van der Waals surface area (Å²) < 4.78 is 11.3. The van der Waals surface area contributed by atoms with Crippen molar-refractivity contribution in [1.82, 2.24) is 5.32 Å². The molecule has 1 saturated heterocycles. The Balaban J connectivity index is 1.99. The fraction of sp³-hybridized carbons (Fsp3) is 0.500. The monoisotopic (exact) mass is 205 g/mol.